The molecule has 0 saturated carbocycles. The van der Waals surface area contributed by atoms with Crippen LogP contribution in [0.3, 0.4) is 0 Å². The zero-order chi connectivity index (χ0) is 28.3. The number of benzene rings is 5. The van der Waals surface area contributed by atoms with Crippen LogP contribution in [-0.4, -0.2) is 16.1 Å². The summed E-state index contributed by atoms with van der Waals surface area (Å²) < 4.78 is 0. The number of carbonyl (C=O) groups is 1. The van der Waals surface area contributed by atoms with E-state index in [0.29, 0.717) is 0 Å². The van der Waals surface area contributed by atoms with Crippen molar-refractivity contribution in [2.24, 2.45) is 0 Å². The molecule has 3 nitrogen and oxygen atoms in total. The van der Waals surface area contributed by atoms with E-state index in [1.807, 2.05) is 0 Å². The minimum Gasteiger partial charge on any atom is -0.477 e. The van der Waals surface area contributed by atoms with E-state index in [9.17, 15) is 4.79 Å². The van der Waals surface area contributed by atoms with E-state index in [4.69, 9.17) is 5.11 Å². The number of nitrogens with zero attached hydrogens (tertiary/aromatic N) is 1. The van der Waals surface area contributed by atoms with Gasteiger partial charge in [-0.1, -0.05) is 91.0 Å². The van der Waals surface area contributed by atoms with Crippen molar-refractivity contribution in [1.29, 1.82) is 0 Å². The first-order valence-corrected chi connectivity index (χ1v) is 16.4. The molecule has 1 N–H and O–H groups in total. The fourth-order valence-corrected chi connectivity index (χ4v) is 10.8. The monoisotopic (exact) mass is 764 g/mol. The van der Waals surface area contributed by atoms with E-state index >= 15 is 0 Å². The van der Waals surface area contributed by atoms with E-state index in [2.05, 4.69) is 151 Å². The van der Waals surface area contributed by atoms with E-state index in [-0.39, 0.29) is 25.8 Å². The number of carboxylic acid groups (broad SMARTS) is 1. The van der Waals surface area contributed by atoms with Gasteiger partial charge in [-0.05, 0) is 72.8 Å². The van der Waals surface area contributed by atoms with Gasteiger partial charge in [0.05, 0.1) is 0 Å². The fraction of sp³-hybridized carbons (Fsp3) is 0. The minimum atomic E-state index is -1.14. The largest absolute Gasteiger partial charge is 0.477 e. The van der Waals surface area contributed by atoms with Gasteiger partial charge in [0.1, 0.15) is 53.4 Å². The van der Waals surface area contributed by atoms with Crippen LogP contribution < -0.4 is 31.8 Å². The summed E-state index contributed by atoms with van der Waals surface area (Å²) >= 11 is 0. The summed E-state index contributed by atoms with van der Waals surface area (Å²) in [6, 6.07) is 58.2. The average Bonchev–Trinajstić information content (AvgIpc) is 3.05. The molecule has 6 rings (SSSR count). The quantitative estimate of drug-likeness (QED) is 0.221. The molecule has 0 aliphatic carbocycles. The average molecular weight is 764 g/mol. The smallest absolute Gasteiger partial charge is 0.354 e. The van der Waals surface area contributed by atoms with Crippen LogP contribution in [0.15, 0.2) is 170 Å². The predicted octanol–water partition coefficient (Wildman–Crippen LogP) is 5.44. The van der Waals surface area contributed by atoms with Crippen LogP contribution in [0, 0.1) is 0 Å². The summed E-state index contributed by atoms with van der Waals surface area (Å²) in [5.74, 6) is -0.990. The zero-order valence-electron chi connectivity index (χ0n) is 22.8. The number of rotatable bonds is 7. The van der Waals surface area contributed by atoms with Crippen LogP contribution >= 0.6 is 15.8 Å². The maximum atomic E-state index is 10.1. The second kappa shape index (κ2) is 16.0. The summed E-state index contributed by atoms with van der Waals surface area (Å²) in [6.07, 6.45) is 1.45. The van der Waals surface area contributed by atoms with E-state index < -0.39 is 21.8 Å². The van der Waals surface area contributed by atoms with E-state index in [0.717, 1.165) is 0 Å². The maximum absolute atomic E-state index is 10.1. The van der Waals surface area contributed by atoms with Crippen molar-refractivity contribution in [3.63, 3.8) is 0 Å². The summed E-state index contributed by atoms with van der Waals surface area (Å²) in [5, 5.41) is 17.0. The molecule has 0 unspecified atom stereocenters. The standard InChI is InChI=1S/C30H24P2.C6H5NO2.Ir/c1-5-15-25(16-6-1)31(26-17-7-2-8-18-26)29-23-13-14-24-30(29)32(27-19-9-3-10-20-27)28-21-11-4-12-22-28;8-6(9)5-3-1-2-4-7-5;/h1-24H;1-4H,(H,8,9);/p+2. The van der Waals surface area contributed by atoms with Crippen LogP contribution in [0.2, 0.25) is 0 Å². The Kier molecular flexibility index (Phi) is 11.9. The molecule has 209 valence electrons. The number of hydrogen-bond acceptors (Lipinski definition) is 2. The molecular formula is C36H31IrNO2P2+2. The number of aromatic nitrogens is 1. The first-order valence-electron chi connectivity index (χ1n) is 13.4. The number of aromatic carboxylic acids is 1. The van der Waals surface area contributed by atoms with Crippen molar-refractivity contribution in [2.45, 2.75) is 0 Å². The second-order valence-corrected chi connectivity index (χ2v) is 14.2. The molecule has 5 aromatic carbocycles. The minimum absolute atomic E-state index is 0. The molecule has 0 saturated heterocycles. The number of pyridine rings is 1. The maximum Gasteiger partial charge on any atom is 0.354 e. The van der Waals surface area contributed by atoms with Crippen molar-refractivity contribution in [3.8, 4) is 0 Å². The van der Waals surface area contributed by atoms with Gasteiger partial charge in [0.2, 0.25) is 0 Å². The van der Waals surface area contributed by atoms with Gasteiger partial charge in [-0.3, -0.25) is 0 Å². The third-order valence-electron chi connectivity index (χ3n) is 6.60. The predicted molar refractivity (Wildman–Crippen MR) is 178 cm³/mol. The Hall–Kier alpha value is -3.77. The summed E-state index contributed by atoms with van der Waals surface area (Å²) in [7, 11) is -2.28. The topological polar surface area (TPSA) is 50.2 Å². The first-order chi connectivity index (χ1) is 20.2. The molecule has 1 heterocycles. The van der Waals surface area contributed by atoms with Crippen molar-refractivity contribution in [1.82, 2.24) is 4.98 Å². The van der Waals surface area contributed by atoms with Crippen molar-refractivity contribution in [2.75, 3.05) is 0 Å². The van der Waals surface area contributed by atoms with Crippen molar-refractivity contribution >= 4 is 53.6 Å². The Morgan fingerprint density at radius 3 is 1.02 bits per heavy atom. The van der Waals surface area contributed by atoms with Gasteiger partial charge < -0.3 is 5.11 Å². The SMILES string of the molecule is O=C(O)c1ccccn1.[Ir].c1ccc([PH+](c2ccccc2)c2ccccc2[PH+](c2ccccc2)c2ccccc2)cc1. The Bertz CT molecular complexity index is 1480. The van der Waals surface area contributed by atoms with Crippen LogP contribution in [-0.2, 0) is 20.1 Å². The van der Waals surface area contributed by atoms with Crippen LogP contribution in [0.1, 0.15) is 10.5 Å². The molecule has 0 bridgehead atoms. The molecule has 0 atom stereocenters. The molecule has 1 aromatic heterocycles. The molecule has 6 aromatic rings. The number of hydrogen-bond donors (Lipinski definition) is 1. The van der Waals surface area contributed by atoms with Gasteiger partial charge >= 0.3 is 5.97 Å². The molecule has 0 aliphatic heterocycles. The molecule has 42 heavy (non-hydrogen) atoms. The molecule has 6 heteroatoms. The first kappa shape index (κ1) is 31.2. The second-order valence-electron chi connectivity index (χ2n) is 9.28. The summed E-state index contributed by atoms with van der Waals surface area (Å²) in [4.78, 5) is 13.7. The Morgan fingerprint density at radius 2 is 0.762 bits per heavy atom. The molecule has 1 radical (unpaired) electrons. The molecular weight excluding hydrogens is 733 g/mol. The molecule has 0 amide bonds. The Morgan fingerprint density at radius 1 is 0.452 bits per heavy atom. The number of carboxylic acids is 1. The van der Waals surface area contributed by atoms with Crippen molar-refractivity contribution < 1.29 is 30.0 Å². The summed E-state index contributed by atoms with van der Waals surface area (Å²) in [6.45, 7) is 0. The van der Waals surface area contributed by atoms with Gasteiger partial charge in [-0.2, -0.15) is 0 Å². The van der Waals surface area contributed by atoms with Crippen LogP contribution in [0.5, 0.6) is 0 Å². The Labute approximate surface area is 263 Å². The van der Waals surface area contributed by atoms with E-state index in [1.165, 1.54) is 44.1 Å². The molecule has 0 fully saturated rings. The van der Waals surface area contributed by atoms with Gasteiger partial charge in [-0.15, -0.1) is 0 Å². The third kappa shape index (κ3) is 7.95. The Balaban J connectivity index is 0.000000349. The zero-order valence-corrected chi connectivity index (χ0v) is 27.2. The van der Waals surface area contributed by atoms with E-state index in [1.54, 1.807) is 12.1 Å². The third-order valence-corrected chi connectivity index (χ3v) is 12.4. The van der Waals surface area contributed by atoms with Gasteiger partial charge in [0, 0.05) is 26.3 Å². The fourth-order valence-electron chi connectivity index (χ4n) is 4.78. The van der Waals surface area contributed by atoms with Gasteiger partial charge in [-0.25, -0.2) is 9.78 Å². The van der Waals surface area contributed by atoms with Crippen molar-refractivity contribution in [3.05, 3.63) is 176 Å². The van der Waals surface area contributed by atoms with Crippen LogP contribution in [0.4, 0.5) is 0 Å². The molecule has 0 spiro atoms. The van der Waals surface area contributed by atoms with Crippen LogP contribution in [0.25, 0.3) is 0 Å². The van der Waals surface area contributed by atoms with Gasteiger partial charge in [0.25, 0.3) is 0 Å². The van der Waals surface area contributed by atoms with Gasteiger partial charge in [0.15, 0.2) is 0 Å². The summed E-state index contributed by atoms with van der Waals surface area (Å²) in [5.41, 5.74) is 0.0810. The normalized spacial score (nSPS) is 10.3. The molecule has 0 aliphatic rings.